The van der Waals surface area contributed by atoms with Gasteiger partial charge in [-0.1, -0.05) is 41.9 Å². The highest BCUT2D eigenvalue weighted by Gasteiger charge is 2.21. The molecule has 1 atom stereocenters. The minimum Gasteiger partial charge on any atom is -0.392 e. The third-order valence-corrected chi connectivity index (χ3v) is 4.18. The molecule has 0 radical (unpaired) electrons. The molecule has 5 heteroatoms. The van der Waals surface area contributed by atoms with E-state index in [2.05, 4.69) is 23.8 Å². The van der Waals surface area contributed by atoms with Gasteiger partial charge in [0.25, 0.3) is 0 Å². The Kier molecular flexibility index (Phi) is 5.62. The molecule has 1 aromatic heterocycles. The zero-order valence-electron chi connectivity index (χ0n) is 13.6. The standard InChI is InChI=1S/C17H24ClN3O/c1-12(2)21(10-13(3)22)11-15-16(19-20(4)17(15)18)14-8-6-5-7-9-14/h5-9,12-13,22H,10-11H2,1-4H3. The van der Waals surface area contributed by atoms with Gasteiger partial charge in [-0.2, -0.15) is 5.10 Å². The molecule has 0 spiro atoms. The van der Waals surface area contributed by atoms with Gasteiger partial charge in [0.15, 0.2) is 0 Å². The minimum absolute atomic E-state index is 0.314. The average Bonchev–Trinajstić information content (AvgIpc) is 2.75. The third-order valence-electron chi connectivity index (χ3n) is 3.71. The summed E-state index contributed by atoms with van der Waals surface area (Å²) >= 11 is 6.46. The summed E-state index contributed by atoms with van der Waals surface area (Å²) in [6.07, 6.45) is -0.377. The van der Waals surface area contributed by atoms with Crippen LogP contribution in [-0.4, -0.2) is 38.5 Å². The van der Waals surface area contributed by atoms with E-state index >= 15 is 0 Å². The van der Waals surface area contributed by atoms with Crippen LogP contribution in [0.25, 0.3) is 11.3 Å². The second-order valence-corrected chi connectivity index (χ2v) is 6.34. The van der Waals surface area contributed by atoms with Crippen LogP contribution in [0.5, 0.6) is 0 Å². The van der Waals surface area contributed by atoms with Crippen molar-refractivity contribution >= 4 is 11.6 Å². The van der Waals surface area contributed by atoms with Crippen molar-refractivity contribution in [1.29, 1.82) is 0 Å². The summed E-state index contributed by atoms with van der Waals surface area (Å²) in [6.45, 7) is 7.32. The van der Waals surface area contributed by atoms with Crippen molar-refractivity contribution in [2.24, 2.45) is 7.05 Å². The van der Waals surface area contributed by atoms with Gasteiger partial charge in [-0.05, 0) is 20.8 Å². The number of hydrogen-bond acceptors (Lipinski definition) is 3. The van der Waals surface area contributed by atoms with Gasteiger partial charge in [-0.3, -0.25) is 9.58 Å². The minimum atomic E-state index is -0.377. The van der Waals surface area contributed by atoms with E-state index in [-0.39, 0.29) is 6.10 Å². The number of aromatic nitrogens is 2. The summed E-state index contributed by atoms with van der Waals surface area (Å²) in [7, 11) is 1.85. The van der Waals surface area contributed by atoms with Crippen molar-refractivity contribution in [3.8, 4) is 11.3 Å². The van der Waals surface area contributed by atoms with Gasteiger partial charge >= 0.3 is 0 Å². The summed E-state index contributed by atoms with van der Waals surface area (Å²) in [5.41, 5.74) is 2.97. The fourth-order valence-corrected chi connectivity index (χ4v) is 2.70. The van der Waals surface area contributed by atoms with Gasteiger partial charge in [0.2, 0.25) is 0 Å². The number of benzene rings is 1. The predicted octanol–water partition coefficient (Wildman–Crippen LogP) is 3.33. The Morgan fingerprint density at radius 1 is 1.23 bits per heavy atom. The number of aryl methyl sites for hydroxylation is 1. The van der Waals surface area contributed by atoms with Crippen LogP contribution < -0.4 is 0 Å². The maximum absolute atomic E-state index is 9.72. The largest absolute Gasteiger partial charge is 0.392 e. The molecule has 1 N–H and O–H groups in total. The molecule has 1 unspecified atom stereocenters. The van der Waals surface area contributed by atoms with Crippen LogP contribution in [-0.2, 0) is 13.6 Å². The van der Waals surface area contributed by atoms with Gasteiger partial charge in [-0.15, -0.1) is 0 Å². The number of hydrogen-bond donors (Lipinski definition) is 1. The molecule has 0 saturated carbocycles. The van der Waals surface area contributed by atoms with E-state index in [1.165, 1.54) is 0 Å². The number of aliphatic hydroxyl groups is 1. The van der Waals surface area contributed by atoms with Crippen LogP contribution in [0.3, 0.4) is 0 Å². The lowest BCUT2D eigenvalue weighted by molar-refractivity contribution is 0.103. The van der Waals surface area contributed by atoms with Crippen LogP contribution in [0.4, 0.5) is 0 Å². The van der Waals surface area contributed by atoms with E-state index in [1.807, 2.05) is 37.4 Å². The highest BCUT2D eigenvalue weighted by Crippen LogP contribution is 2.29. The first-order valence-electron chi connectivity index (χ1n) is 7.59. The zero-order chi connectivity index (χ0) is 16.3. The molecular weight excluding hydrogens is 298 g/mol. The van der Waals surface area contributed by atoms with Crippen molar-refractivity contribution in [2.75, 3.05) is 6.54 Å². The molecule has 120 valence electrons. The van der Waals surface area contributed by atoms with E-state index in [0.29, 0.717) is 24.3 Å². The Balaban J connectivity index is 2.37. The monoisotopic (exact) mass is 321 g/mol. The fraction of sp³-hybridized carbons (Fsp3) is 0.471. The topological polar surface area (TPSA) is 41.3 Å². The Hall–Kier alpha value is -1.36. The van der Waals surface area contributed by atoms with E-state index in [1.54, 1.807) is 11.6 Å². The fourth-order valence-electron chi connectivity index (χ4n) is 2.52. The summed E-state index contributed by atoms with van der Waals surface area (Å²) < 4.78 is 1.71. The lowest BCUT2D eigenvalue weighted by Crippen LogP contribution is -2.36. The molecule has 1 aromatic carbocycles. The van der Waals surface area contributed by atoms with Crippen LogP contribution in [0.1, 0.15) is 26.3 Å². The van der Waals surface area contributed by atoms with Crippen molar-refractivity contribution in [1.82, 2.24) is 14.7 Å². The molecule has 4 nitrogen and oxygen atoms in total. The van der Waals surface area contributed by atoms with Crippen LogP contribution >= 0.6 is 11.6 Å². The molecule has 0 aliphatic heterocycles. The Bertz CT molecular complexity index is 608. The number of nitrogens with zero attached hydrogens (tertiary/aromatic N) is 3. The highest BCUT2D eigenvalue weighted by atomic mass is 35.5. The first-order chi connectivity index (χ1) is 10.4. The summed E-state index contributed by atoms with van der Waals surface area (Å²) in [5.74, 6) is 0. The van der Waals surface area contributed by atoms with E-state index < -0.39 is 0 Å². The van der Waals surface area contributed by atoms with Crippen LogP contribution in [0.2, 0.25) is 5.15 Å². The molecule has 2 rings (SSSR count). The molecule has 0 aliphatic rings. The predicted molar refractivity (Wildman–Crippen MR) is 90.9 cm³/mol. The van der Waals surface area contributed by atoms with Crippen LogP contribution in [0, 0.1) is 0 Å². The van der Waals surface area contributed by atoms with Crippen molar-refractivity contribution in [3.05, 3.63) is 41.0 Å². The number of halogens is 1. The van der Waals surface area contributed by atoms with E-state index in [0.717, 1.165) is 16.8 Å². The molecule has 0 amide bonds. The summed E-state index contributed by atoms with van der Waals surface area (Å²) in [6, 6.07) is 10.4. The molecule has 0 bridgehead atoms. The maximum atomic E-state index is 9.72. The van der Waals surface area contributed by atoms with Crippen molar-refractivity contribution < 1.29 is 5.11 Å². The smallest absolute Gasteiger partial charge is 0.131 e. The van der Waals surface area contributed by atoms with E-state index in [4.69, 9.17) is 11.6 Å². The first-order valence-corrected chi connectivity index (χ1v) is 7.96. The third kappa shape index (κ3) is 3.88. The average molecular weight is 322 g/mol. The SMILES string of the molecule is CC(O)CN(Cc1c(-c2ccccc2)nn(C)c1Cl)C(C)C. The molecule has 22 heavy (non-hydrogen) atoms. The summed E-state index contributed by atoms with van der Waals surface area (Å²) in [5, 5.41) is 14.9. The highest BCUT2D eigenvalue weighted by molar-refractivity contribution is 6.30. The van der Waals surface area contributed by atoms with Gasteiger partial charge in [0.1, 0.15) is 5.15 Å². The Morgan fingerprint density at radius 2 is 1.86 bits per heavy atom. The quantitative estimate of drug-likeness (QED) is 0.887. The van der Waals surface area contributed by atoms with Crippen LogP contribution in [0.15, 0.2) is 30.3 Å². The van der Waals surface area contributed by atoms with Gasteiger partial charge < -0.3 is 5.11 Å². The number of aliphatic hydroxyl groups excluding tert-OH is 1. The lowest BCUT2D eigenvalue weighted by Gasteiger charge is -2.27. The first kappa shape index (κ1) is 17.0. The van der Waals surface area contributed by atoms with E-state index in [9.17, 15) is 5.11 Å². The Labute approximate surface area is 137 Å². The molecule has 0 saturated heterocycles. The zero-order valence-corrected chi connectivity index (χ0v) is 14.4. The normalized spacial score (nSPS) is 13.1. The second-order valence-electron chi connectivity index (χ2n) is 5.98. The second kappa shape index (κ2) is 7.27. The number of rotatable bonds is 6. The molecule has 0 aliphatic carbocycles. The molecule has 2 aromatic rings. The molecule has 1 heterocycles. The molecule has 0 fully saturated rings. The van der Waals surface area contributed by atoms with Gasteiger partial charge in [0, 0.05) is 37.3 Å². The van der Waals surface area contributed by atoms with Gasteiger partial charge in [-0.25, -0.2) is 0 Å². The molecular formula is C17H24ClN3O. The summed E-state index contributed by atoms with van der Waals surface area (Å²) in [4.78, 5) is 2.21. The maximum Gasteiger partial charge on any atom is 0.131 e. The van der Waals surface area contributed by atoms with Gasteiger partial charge in [0.05, 0.1) is 11.8 Å². The Morgan fingerprint density at radius 3 is 2.41 bits per heavy atom. The van der Waals surface area contributed by atoms with Crippen molar-refractivity contribution in [2.45, 2.75) is 39.5 Å². The lowest BCUT2D eigenvalue weighted by atomic mass is 10.1. The van der Waals surface area contributed by atoms with Crippen molar-refractivity contribution in [3.63, 3.8) is 0 Å².